The molecule has 0 aromatic heterocycles. The highest BCUT2D eigenvalue weighted by Gasteiger charge is 2.36. The van der Waals surface area contributed by atoms with Crippen LogP contribution in [-0.2, 0) is 26.8 Å². The van der Waals surface area contributed by atoms with Gasteiger partial charge in [-0.2, -0.15) is 0 Å². The van der Waals surface area contributed by atoms with Crippen LogP contribution in [0.1, 0.15) is 37.5 Å². The lowest BCUT2D eigenvalue weighted by Crippen LogP contribution is -2.52. The van der Waals surface area contributed by atoms with Gasteiger partial charge in [0.15, 0.2) is 0 Å². The van der Waals surface area contributed by atoms with Crippen molar-refractivity contribution in [1.82, 2.24) is 4.90 Å². The summed E-state index contributed by atoms with van der Waals surface area (Å²) in [4.78, 5) is 14.5. The Balaban J connectivity index is 1.69. The van der Waals surface area contributed by atoms with E-state index < -0.39 is 10.8 Å². The summed E-state index contributed by atoms with van der Waals surface area (Å²) in [6.07, 6.45) is 1.14. The van der Waals surface area contributed by atoms with Gasteiger partial charge >= 0.3 is 0 Å². The summed E-state index contributed by atoms with van der Waals surface area (Å²) in [6, 6.07) is 8.20. The molecule has 0 saturated carbocycles. The summed E-state index contributed by atoms with van der Waals surface area (Å²) >= 11 is 0. The highest BCUT2D eigenvalue weighted by atomic mass is 32.2. The average Bonchev–Trinajstić information content (AvgIpc) is 2.50. The molecule has 2 atom stereocenters. The van der Waals surface area contributed by atoms with Crippen LogP contribution in [0, 0.1) is 0 Å². The van der Waals surface area contributed by atoms with Crippen molar-refractivity contribution >= 4 is 16.7 Å². The van der Waals surface area contributed by atoms with Crippen LogP contribution in [0.3, 0.4) is 0 Å². The van der Waals surface area contributed by atoms with Gasteiger partial charge in [-0.25, -0.2) is 0 Å². The number of rotatable bonds is 2. The van der Waals surface area contributed by atoms with E-state index in [0.717, 1.165) is 12.0 Å². The number of fused-ring (bicyclic) bond motifs is 1. The maximum Gasteiger partial charge on any atom is 0.225 e. The summed E-state index contributed by atoms with van der Waals surface area (Å²) in [6.45, 7) is 5.75. The predicted octanol–water partition coefficient (Wildman–Crippen LogP) is 2.06. The lowest BCUT2D eigenvalue weighted by molar-refractivity contribution is -0.135. The van der Waals surface area contributed by atoms with E-state index in [-0.39, 0.29) is 16.8 Å². The smallest absolute Gasteiger partial charge is 0.225 e. The molecule has 0 aliphatic carbocycles. The molecule has 2 aliphatic rings. The Morgan fingerprint density at radius 1 is 1.41 bits per heavy atom. The van der Waals surface area contributed by atoms with Crippen LogP contribution in [0.4, 0.5) is 0 Å². The zero-order chi connectivity index (χ0) is 15.7. The van der Waals surface area contributed by atoms with E-state index in [2.05, 4.69) is 12.1 Å². The topological polar surface area (TPSA) is 46.6 Å². The van der Waals surface area contributed by atoms with Crippen LogP contribution < -0.4 is 0 Å². The molecule has 22 heavy (non-hydrogen) atoms. The minimum Gasteiger partial charge on any atom is -0.373 e. The number of hydrogen-bond acceptors (Lipinski definition) is 3. The van der Waals surface area contributed by atoms with Crippen LogP contribution >= 0.6 is 0 Å². The molecule has 1 saturated heterocycles. The van der Waals surface area contributed by atoms with Gasteiger partial charge in [0, 0.05) is 29.6 Å². The predicted molar refractivity (Wildman–Crippen MR) is 87.1 cm³/mol. The molecular weight excluding hydrogens is 298 g/mol. The van der Waals surface area contributed by atoms with Gasteiger partial charge in [0.2, 0.25) is 5.91 Å². The molecule has 0 bridgehead atoms. The molecule has 0 N–H and O–H groups in total. The van der Waals surface area contributed by atoms with Crippen molar-refractivity contribution in [2.75, 3.05) is 25.4 Å². The molecule has 0 unspecified atom stereocenters. The van der Waals surface area contributed by atoms with Crippen LogP contribution in [0.5, 0.6) is 0 Å². The number of ether oxygens (including phenoxy) is 1. The maximum absolute atomic E-state index is 12.6. The summed E-state index contributed by atoms with van der Waals surface area (Å²) < 4.78 is 17.5. The zero-order valence-corrected chi connectivity index (χ0v) is 14.0. The Labute approximate surface area is 134 Å². The fraction of sp³-hybridized carbons (Fsp3) is 0.588. The van der Waals surface area contributed by atoms with Gasteiger partial charge in [0.1, 0.15) is 0 Å². The zero-order valence-electron chi connectivity index (χ0n) is 13.2. The van der Waals surface area contributed by atoms with Gasteiger partial charge in [0.25, 0.3) is 0 Å². The number of carbonyl (C=O) groups is 1. The number of hydrogen-bond donors (Lipinski definition) is 0. The highest BCUT2D eigenvalue weighted by Crippen LogP contribution is 2.30. The van der Waals surface area contributed by atoms with Gasteiger partial charge in [-0.15, -0.1) is 0 Å². The molecule has 2 heterocycles. The van der Waals surface area contributed by atoms with Crippen LogP contribution in [0.2, 0.25) is 0 Å². The first kappa shape index (κ1) is 15.7. The Morgan fingerprint density at radius 2 is 2.18 bits per heavy atom. The van der Waals surface area contributed by atoms with E-state index in [1.165, 1.54) is 5.56 Å². The van der Waals surface area contributed by atoms with E-state index >= 15 is 0 Å². The minimum absolute atomic E-state index is 0.103. The van der Waals surface area contributed by atoms with Gasteiger partial charge in [-0.3, -0.25) is 9.00 Å². The first-order valence-corrected chi connectivity index (χ1v) is 9.15. The first-order chi connectivity index (χ1) is 10.5. The summed E-state index contributed by atoms with van der Waals surface area (Å²) in [7, 11) is -0.856. The fourth-order valence-electron chi connectivity index (χ4n) is 3.23. The molecule has 5 heteroatoms. The molecule has 3 rings (SSSR count). The lowest BCUT2D eigenvalue weighted by Gasteiger charge is -2.38. The quantitative estimate of drug-likeness (QED) is 0.838. The second-order valence-corrected chi connectivity index (χ2v) is 8.84. The molecular formula is C17H23NO3S. The second kappa shape index (κ2) is 6.13. The molecule has 4 nitrogen and oxygen atoms in total. The van der Waals surface area contributed by atoms with Crippen molar-refractivity contribution in [3.63, 3.8) is 0 Å². The molecule has 1 aromatic carbocycles. The number of carbonyl (C=O) groups excluding carboxylic acids is 1. The monoisotopic (exact) mass is 321 g/mol. The van der Waals surface area contributed by atoms with Gasteiger partial charge in [-0.05, 0) is 31.4 Å². The Hall–Kier alpha value is -1.20. The molecule has 0 spiro atoms. The normalized spacial score (nSPS) is 27.3. The van der Waals surface area contributed by atoms with Crippen molar-refractivity contribution in [3.05, 3.63) is 35.4 Å². The number of amides is 1. The van der Waals surface area contributed by atoms with Gasteiger partial charge in [0.05, 0.1) is 23.9 Å². The third kappa shape index (κ3) is 3.10. The second-order valence-electron chi connectivity index (χ2n) is 6.64. The van der Waals surface area contributed by atoms with Crippen LogP contribution in [0.15, 0.2) is 24.3 Å². The third-order valence-electron chi connectivity index (χ3n) is 4.54. The van der Waals surface area contributed by atoms with E-state index in [9.17, 15) is 9.00 Å². The molecule has 1 fully saturated rings. The van der Waals surface area contributed by atoms with E-state index in [4.69, 9.17) is 4.74 Å². The van der Waals surface area contributed by atoms with Crippen molar-refractivity contribution < 1.29 is 13.7 Å². The standard InChI is InChI=1S/C17H23NO3S/c1-17(2)12-18(8-10-22(17)20)16(19)11-15-14-6-4-3-5-13(14)7-9-21-15/h3-6,15H,7-12H2,1-2H3/t15-,22-/m1/s1. The number of nitrogens with zero attached hydrogens (tertiary/aromatic N) is 1. The van der Waals surface area contributed by atoms with Crippen molar-refractivity contribution in [3.8, 4) is 0 Å². The number of benzene rings is 1. The van der Waals surface area contributed by atoms with Crippen molar-refractivity contribution in [2.24, 2.45) is 0 Å². The summed E-state index contributed by atoms with van der Waals surface area (Å²) in [5.74, 6) is 0.674. The molecule has 0 radical (unpaired) electrons. The highest BCUT2D eigenvalue weighted by molar-refractivity contribution is 7.86. The Kier molecular flexibility index (Phi) is 4.37. The lowest BCUT2D eigenvalue weighted by atomic mass is 9.95. The molecule has 1 amide bonds. The fourth-order valence-corrected chi connectivity index (χ4v) is 4.47. The minimum atomic E-state index is -0.856. The molecule has 1 aromatic rings. The van der Waals surface area contributed by atoms with Gasteiger partial charge in [-0.1, -0.05) is 24.3 Å². The van der Waals surface area contributed by atoms with Gasteiger partial charge < -0.3 is 9.64 Å². The molecule has 120 valence electrons. The average molecular weight is 321 g/mol. The Bertz CT molecular complexity index is 599. The SMILES string of the molecule is CC1(C)CN(C(=O)C[C@H]2OCCc3ccccc32)CC[S@]1=O. The summed E-state index contributed by atoms with van der Waals surface area (Å²) in [5, 5.41) is 0. The van der Waals surface area contributed by atoms with Crippen LogP contribution in [-0.4, -0.2) is 45.2 Å². The Morgan fingerprint density at radius 3 is 2.95 bits per heavy atom. The van der Waals surface area contributed by atoms with E-state index in [0.29, 0.717) is 31.9 Å². The largest absolute Gasteiger partial charge is 0.373 e. The van der Waals surface area contributed by atoms with E-state index in [1.54, 1.807) is 0 Å². The van der Waals surface area contributed by atoms with E-state index in [1.807, 2.05) is 30.9 Å². The molecule has 2 aliphatic heterocycles. The van der Waals surface area contributed by atoms with Crippen molar-refractivity contribution in [1.29, 1.82) is 0 Å². The summed E-state index contributed by atoms with van der Waals surface area (Å²) in [5.41, 5.74) is 2.42. The first-order valence-electron chi connectivity index (χ1n) is 7.83. The third-order valence-corrected chi connectivity index (χ3v) is 6.45. The van der Waals surface area contributed by atoms with Crippen LogP contribution in [0.25, 0.3) is 0 Å². The maximum atomic E-state index is 12.6. The van der Waals surface area contributed by atoms with Crippen molar-refractivity contribution in [2.45, 2.75) is 37.5 Å².